The molecule has 1 unspecified atom stereocenters. The SMILES string of the molecule is CCC(C)c1cc2ccccc2cn1. The molecule has 1 aromatic heterocycles. The maximum Gasteiger partial charge on any atom is 0.0438 e. The highest BCUT2D eigenvalue weighted by Crippen LogP contribution is 2.20. The fourth-order valence-corrected chi connectivity index (χ4v) is 1.58. The maximum atomic E-state index is 4.48. The van der Waals surface area contributed by atoms with Gasteiger partial charge in [0, 0.05) is 17.3 Å². The Morgan fingerprint density at radius 1 is 1.21 bits per heavy atom. The maximum absolute atomic E-state index is 4.48. The number of hydrogen-bond acceptors (Lipinski definition) is 1. The molecule has 0 saturated heterocycles. The Balaban J connectivity index is 2.51. The first-order chi connectivity index (χ1) is 6.81. The van der Waals surface area contributed by atoms with Gasteiger partial charge in [0.25, 0.3) is 0 Å². The summed E-state index contributed by atoms with van der Waals surface area (Å²) < 4.78 is 0. The van der Waals surface area contributed by atoms with Gasteiger partial charge in [-0.2, -0.15) is 0 Å². The first kappa shape index (κ1) is 9.20. The van der Waals surface area contributed by atoms with Gasteiger partial charge in [-0.25, -0.2) is 0 Å². The highest BCUT2D eigenvalue weighted by Gasteiger charge is 2.04. The molecule has 14 heavy (non-hydrogen) atoms. The van der Waals surface area contributed by atoms with Crippen molar-refractivity contribution in [1.82, 2.24) is 4.98 Å². The van der Waals surface area contributed by atoms with Crippen molar-refractivity contribution in [2.75, 3.05) is 0 Å². The van der Waals surface area contributed by atoms with E-state index in [4.69, 9.17) is 0 Å². The summed E-state index contributed by atoms with van der Waals surface area (Å²) >= 11 is 0. The van der Waals surface area contributed by atoms with Crippen molar-refractivity contribution in [3.05, 3.63) is 42.2 Å². The number of hydrogen-bond donors (Lipinski definition) is 0. The molecule has 2 aromatic rings. The van der Waals surface area contributed by atoms with Gasteiger partial charge in [0.2, 0.25) is 0 Å². The van der Waals surface area contributed by atoms with E-state index in [1.165, 1.54) is 16.5 Å². The Morgan fingerprint density at radius 3 is 2.64 bits per heavy atom. The number of benzene rings is 1. The highest BCUT2D eigenvalue weighted by molar-refractivity contribution is 5.81. The average Bonchev–Trinajstić information content (AvgIpc) is 2.27. The van der Waals surface area contributed by atoms with Crippen LogP contribution in [0.4, 0.5) is 0 Å². The first-order valence-corrected chi connectivity index (χ1v) is 5.16. The van der Waals surface area contributed by atoms with E-state index in [2.05, 4.69) is 43.1 Å². The number of fused-ring (bicyclic) bond motifs is 1. The lowest BCUT2D eigenvalue weighted by molar-refractivity contribution is 0.710. The Bertz CT molecular complexity index is 434. The van der Waals surface area contributed by atoms with Crippen LogP contribution in [0.3, 0.4) is 0 Å². The third-order valence-corrected chi connectivity index (χ3v) is 2.77. The molecule has 1 aromatic carbocycles. The minimum absolute atomic E-state index is 0.555. The van der Waals surface area contributed by atoms with Gasteiger partial charge in [-0.15, -0.1) is 0 Å². The van der Waals surface area contributed by atoms with Gasteiger partial charge in [0.15, 0.2) is 0 Å². The van der Waals surface area contributed by atoms with E-state index in [0.717, 1.165) is 6.42 Å². The van der Waals surface area contributed by atoms with E-state index >= 15 is 0 Å². The van der Waals surface area contributed by atoms with E-state index in [1.54, 1.807) is 0 Å². The monoisotopic (exact) mass is 185 g/mol. The smallest absolute Gasteiger partial charge is 0.0438 e. The van der Waals surface area contributed by atoms with Crippen LogP contribution < -0.4 is 0 Å². The molecule has 1 atom stereocenters. The second-order valence-corrected chi connectivity index (χ2v) is 3.77. The Hall–Kier alpha value is -1.37. The third kappa shape index (κ3) is 1.63. The topological polar surface area (TPSA) is 12.9 Å². The lowest BCUT2D eigenvalue weighted by Gasteiger charge is -2.08. The predicted octanol–water partition coefficient (Wildman–Crippen LogP) is 3.75. The minimum Gasteiger partial charge on any atom is -0.260 e. The Kier molecular flexibility index (Phi) is 2.49. The van der Waals surface area contributed by atoms with E-state index in [-0.39, 0.29) is 0 Å². The van der Waals surface area contributed by atoms with E-state index in [0.29, 0.717) is 5.92 Å². The van der Waals surface area contributed by atoms with Crippen LogP contribution in [-0.4, -0.2) is 4.98 Å². The molecular weight excluding hydrogens is 170 g/mol. The molecule has 0 spiro atoms. The minimum atomic E-state index is 0.555. The van der Waals surface area contributed by atoms with Gasteiger partial charge in [0.05, 0.1) is 0 Å². The predicted molar refractivity (Wildman–Crippen MR) is 60.4 cm³/mol. The Labute approximate surface area is 84.8 Å². The largest absolute Gasteiger partial charge is 0.260 e. The molecule has 0 amide bonds. The molecule has 1 heterocycles. The summed E-state index contributed by atoms with van der Waals surface area (Å²) in [6.07, 6.45) is 3.11. The standard InChI is InChI=1S/C13H15N/c1-3-10(2)13-8-11-6-4-5-7-12(11)9-14-13/h4-10H,3H2,1-2H3. The van der Waals surface area contributed by atoms with E-state index in [1.807, 2.05) is 12.3 Å². The third-order valence-electron chi connectivity index (χ3n) is 2.77. The van der Waals surface area contributed by atoms with Crippen molar-refractivity contribution >= 4 is 10.8 Å². The van der Waals surface area contributed by atoms with Crippen molar-refractivity contribution in [1.29, 1.82) is 0 Å². The average molecular weight is 185 g/mol. The normalized spacial score (nSPS) is 13.0. The molecule has 0 bridgehead atoms. The fraction of sp³-hybridized carbons (Fsp3) is 0.308. The first-order valence-electron chi connectivity index (χ1n) is 5.16. The summed E-state index contributed by atoms with van der Waals surface area (Å²) in [6.45, 7) is 4.42. The Morgan fingerprint density at radius 2 is 1.93 bits per heavy atom. The van der Waals surface area contributed by atoms with Crippen LogP contribution >= 0.6 is 0 Å². The van der Waals surface area contributed by atoms with Gasteiger partial charge in [-0.05, 0) is 23.8 Å². The van der Waals surface area contributed by atoms with Crippen LogP contribution in [0.1, 0.15) is 31.9 Å². The van der Waals surface area contributed by atoms with Crippen LogP contribution in [0.25, 0.3) is 10.8 Å². The second kappa shape index (κ2) is 3.79. The number of pyridine rings is 1. The molecule has 2 rings (SSSR count). The number of rotatable bonds is 2. The van der Waals surface area contributed by atoms with Crippen molar-refractivity contribution in [3.63, 3.8) is 0 Å². The molecule has 72 valence electrons. The van der Waals surface area contributed by atoms with Crippen LogP contribution in [0.15, 0.2) is 36.5 Å². The highest BCUT2D eigenvalue weighted by atomic mass is 14.7. The summed E-state index contributed by atoms with van der Waals surface area (Å²) in [6, 6.07) is 10.6. The molecule has 0 aliphatic rings. The summed E-state index contributed by atoms with van der Waals surface area (Å²) in [5.41, 5.74) is 1.20. The summed E-state index contributed by atoms with van der Waals surface area (Å²) in [5.74, 6) is 0.555. The van der Waals surface area contributed by atoms with Gasteiger partial charge in [-0.1, -0.05) is 38.1 Å². The van der Waals surface area contributed by atoms with Crippen LogP contribution in [0.5, 0.6) is 0 Å². The van der Waals surface area contributed by atoms with Crippen molar-refractivity contribution in [2.24, 2.45) is 0 Å². The van der Waals surface area contributed by atoms with Crippen LogP contribution in [-0.2, 0) is 0 Å². The summed E-state index contributed by atoms with van der Waals surface area (Å²) in [5, 5.41) is 2.51. The lowest BCUT2D eigenvalue weighted by atomic mass is 10.0. The molecule has 1 nitrogen and oxygen atoms in total. The second-order valence-electron chi connectivity index (χ2n) is 3.77. The fourth-order valence-electron chi connectivity index (χ4n) is 1.58. The molecule has 0 aliphatic heterocycles. The van der Waals surface area contributed by atoms with Crippen molar-refractivity contribution in [2.45, 2.75) is 26.2 Å². The van der Waals surface area contributed by atoms with E-state index in [9.17, 15) is 0 Å². The van der Waals surface area contributed by atoms with Crippen molar-refractivity contribution < 1.29 is 0 Å². The number of nitrogens with zero attached hydrogens (tertiary/aromatic N) is 1. The molecule has 0 N–H and O–H groups in total. The van der Waals surface area contributed by atoms with E-state index < -0.39 is 0 Å². The van der Waals surface area contributed by atoms with Crippen LogP contribution in [0, 0.1) is 0 Å². The molecule has 0 radical (unpaired) electrons. The number of aromatic nitrogens is 1. The molecular formula is C13H15N. The van der Waals surface area contributed by atoms with Crippen molar-refractivity contribution in [3.8, 4) is 0 Å². The van der Waals surface area contributed by atoms with Gasteiger partial charge in [0.1, 0.15) is 0 Å². The summed E-state index contributed by atoms with van der Waals surface area (Å²) in [4.78, 5) is 4.48. The lowest BCUT2D eigenvalue weighted by Crippen LogP contribution is -1.94. The van der Waals surface area contributed by atoms with Gasteiger partial charge < -0.3 is 0 Å². The molecule has 1 heteroatoms. The van der Waals surface area contributed by atoms with Crippen LogP contribution in [0.2, 0.25) is 0 Å². The summed E-state index contributed by atoms with van der Waals surface area (Å²) in [7, 11) is 0. The zero-order chi connectivity index (χ0) is 9.97. The molecule has 0 saturated carbocycles. The van der Waals surface area contributed by atoms with Gasteiger partial charge >= 0.3 is 0 Å². The molecule has 0 aliphatic carbocycles. The zero-order valence-corrected chi connectivity index (χ0v) is 8.70. The van der Waals surface area contributed by atoms with Gasteiger partial charge in [-0.3, -0.25) is 4.98 Å². The quantitative estimate of drug-likeness (QED) is 0.694. The zero-order valence-electron chi connectivity index (χ0n) is 8.70. The molecule has 0 fully saturated rings.